The molecule has 1 aliphatic rings. The van der Waals surface area contributed by atoms with Gasteiger partial charge in [0.05, 0.1) is 22.2 Å². The van der Waals surface area contributed by atoms with Crippen molar-refractivity contribution in [3.05, 3.63) is 81.0 Å². The maximum atomic E-state index is 13.7. The average molecular weight is 454 g/mol. The SMILES string of the molecule is Cc1cc2c(c(=O)n1C)-c1ccccc1[C@@H](C)C(=O)N2CC(=O)Nc1ccc(Cl)c(F)c1. The predicted molar refractivity (Wildman–Crippen MR) is 123 cm³/mol. The molecule has 0 radical (unpaired) electrons. The molecule has 4 rings (SSSR count). The zero-order valence-electron chi connectivity index (χ0n) is 17.8. The second-order valence-electron chi connectivity index (χ2n) is 7.82. The number of aromatic nitrogens is 1. The Morgan fingerprint density at radius 3 is 2.59 bits per heavy atom. The van der Waals surface area contributed by atoms with Crippen molar-refractivity contribution in [1.29, 1.82) is 0 Å². The van der Waals surface area contributed by atoms with Crippen molar-refractivity contribution < 1.29 is 14.0 Å². The van der Waals surface area contributed by atoms with Crippen molar-refractivity contribution in [2.75, 3.05) is 16.8 Å². The van der Waals surface area contributed by atoms with Gasteiger partial charge in [0.1, 0.15) is 12.4 Å². The minimum atomic E-state index is -0.663. The van der Waals surface area contributed by atoms with Crippen molar-refractivity contribution in [2.45, 2.75) is 19.8 Å². The molecule has 2 aromatic carbocycles. The second-order valence-corrected chi connectivity index (χ2v) is 8.23. The van der Waals surface area contributed by atoms with Gasteiger partial charge in [0.2, 0.25) is 11.8 Å². The maximum Gasteiger partial charge on any atom is 0.260 e. The van der Waals surface area contributed by atoms with Gasteiger partial charge in [-0.15, -0.1) is 0 Å². The highest BCUT2D eigenvalue weighted by Crippen LogP contribution is 2.39. The second kappa shape index (κ2) is 8.24. The number of hydrogen-bond acceptors (Lipinski definition) is 3. The van der Waals surface area contributed by atoms with E-state index in [0.717, 1.165) is 11.6 Å². The highest BCUT2D eigenvalue weighted by molar-refractivity contribution is 6.30. The predicted octanol–water partition coefficient (Wildman–Crippen LogP) is 4.24. The van der Waals surface area contributed by atoms with Crippen molar-refractivity contribution in [3.8, 4) is 11.1 Å². The van der Waals surface area contributed by atoms with Crippen molar-refractivity contribution >= 4 is 34.8 Å². The first kappa shape index (κ1) is 21.8. The molecule has 1 atom stereocenters. The fourth-order valence-corrected chi connectivity index (χ4v) is 4.06. The molecular weight excluding hydrogens is 433 g/mol. The number of fused-ring (bicyclic) bond motifs is 3. The number of pyridine rings is 1. The lowest BCUT2D eigenvalue weighted by Crippen LogP contribution is -2.40. The van der Waals surface area contributed by atoms with Gasteiger partial charge >= 0.3 is 0 Å². The first-order valence-electron chi connectivity index (χ1n) is 10.0. The molecule has 0 fully saturated rings. The molecule has 164 valence electrons. The fraction of sp³-hybridized carbons (Fsp3) is 0.208. The Morgan fingerprint density at radius 2 is 1.88 bits per heavy atom. The lowest BCUT2D eigenvalue weighted by atomic mass is 9.93. The number of carbonyl (C=O) groups is 2. The van der Waals surface area contributed by atoms with E-state index in [-0.39, 0.29) is 28.7 Å². The van der Waals surface area contributed by atoms with Crippen LogP contribution >= 0.6 is 11.6 Å². The van der Waals surface area contributed by atoms with E-state index in [0.29, 0.717) is 22.5 Å². The summed E-state index contributed by atoms with van der Waals surface area (Å²) in [5, 5.41) is 2.53. The summed E-state index contributed by atoms with van der Waals surface area (Å²) >= 11 is 5.70. The number of carbonyl (C=O) groups excluding carboxylic acids is 2. The number of amides is 2. The number of rotatable bonds is 3. The summed E-state index contributed by atoms with van der Waals surface area (Å²) in [6, 6.07) is 12.9. The van der Waals surface area contributed by atoms with Crippen LogP contribution in [0.5, 0.6) is 0 Å². The Labute approximate surface area is 189 Å². The summed E-state index contributed by atoms with van der Waals surface area (Å²) in [7, 11) is 1.67. The highest BCUT2D eigenvalue weighted by Gasteiger charge is 2.34. The van der Waals surface area contributed by atoms with Crippen LogP contribution in [0.25, 0.3) is 11.1 Å². The number of benzene rings is 2. The van der Waals surface area contributed by atoms with E-state index in [1.54, 1.807) is 27.0 Å². The summed E-state index contributed by atoms with van der Waals surface area (Å²) in [4.78, 5) is 40.8. The van der Waals surface area contributed by atoms with Crippen molar-refractivity contribution in [3.63, 3.8) is 0 Å². The number of halogens is 2. The summed E-state index contributed by atoms with van der Waals surface area (Å²) in [6.07, 6.45) is 0. The van der Waals surface area contributed by atoms with E-state index in [9.17, 15) is 18.8 Å². The summed E-state index contributed by atoms with van der Waals surface area (Å²) in [5.41, 5.74) is 2.77. The summed E-state index contributed by atoms with van der Waals surface area (Å²) in [6.45, 7) is 3.19. The van der Waals surface area contributed by atoms with Gasteiger partial charge < -0.3 is 14.8 Å². The van der Waals surface area contributed by atoms with E-state index in [2.05, 4.69) is 5.32 Å². The molecule has 0 saturated carbocycles. The number of anilines is 2. The molecule has 1 aliphatic heterocycles. The molecule has 0 spiro atoms. The average Bonchev–Trinajstić information content (AvgIpc) is 2.84. The van der Waals surface area contributed by atoms with Crippen LogP contribution in [0.2, 0.25) is 5.02 Å². The Hall–Kier alpha value is -3.45. The molecule has 0 unspecified atom stereocenters. The summed E-state index contributed by atoms with van der Waals surface area (Å²) < 4.78 is 15.3. The summed E-state index contributed by atoms with van der Waals surface area (Å²) in [5.74, 6) is -2.06. The van der Waals surface area contributed by atoms with Crippen molar-refractivity contribution in [1.82, 2.24) is 4.57 Å². The smallest absolute Gasteiger partial charge is 0.260 e. The quantitative estimate of drug-likeness (QED) is 0.644. The van der Waals surface area contributed by atoms with E-state index < -0.39 is 17.6 Å². The third-order valence-electron chi connectivity index (χ3n) is 5.78. The Morgan fingerprint density at radius 1 is 1.16 bits per heavy atom. The third-order valence-corrected chi connectivity index (χ3v) is 6.08. The standard InChI is InChI=1S/C24H21ClFN3O3/c1-13-10-20-22(24(32)28(13)3)17-7-5-4-6-16(17)14(2)23(31)29(20)12-21(30)27-15-8-9-18(25)19(26)11-15/h4-11,14H,12H2,1-3H3,(H,27,30)/t14-/m1/s1. The molecule has 0 aliphatic carbocycles. The van der Waals surface area contributed by atoms with Gasteiger partial charge in [0.25, 0.3) is 5.56 Å². The van der Waals surface area contributed by atoms with Crippen LogP contribution < -0.4 is 15.8 Å². The first-order valence-corrected chi connectivity index (χ1v) is 10.4. The molecule has 2 amide bonds. The van der Waals surface area contributed by atoms with E-state index in [1.807, 2.05) is 24.3 Å². The Bertz CT molecular complexity index is 1320. The molecule has 0 saturated heterocycles. The van der Waals surface area contributed by atoms with Crippen LogP contribution in [0, 0.1) is 12.7 Å². The number of aryl methyl sites for hydroxylation is 1. The number of nitrogens with zero attached hydrogens (tertiary/aromatic N) is 2. The molecule has 0 bridgehead atoms. The van der Waals surface area contributed by atoms with Gasteiger partial charge in [0, 0.05) is 18.4 Å². The minimum Gasteiger partial charge on any atom is -0.324 e. The van der Waals surface area contributed by atoms with E-state index in [1.165, 1.54) is 21.6 Å². The normalized spacial score (nSPS) is 15.1. The van der Waals surface area contributed by atoms with Crippen LogP contribution in [-0.4, -0.2) is 22.9 Å². The topological polar surface area (TPSA) is 71.4 Å². The minimum absolute atomic E-state index is 0.0578. The molecule has 1 aromatic heterocycles. The third kappa shape index (κ3) is 3.69. The molecule has 3 aromatic rings. The van der Waals surface area contributed by atoms with Gasteiger partial charge in [-0.05, 0) is 49.2 Å². The first-order chi connectivity index (χ1) is 15.2. The highest BCUT2D eigenvalue weighted by atomic mass is 35.5. The van der Waals surface area contributed by atoms with Gasteiger partial charge in [-0.2, -0.15) is 0 Å². The zero-order valence-corrected chi connectivity index (χ0v) is 18.5. The van der Waals surface area contributed by atoms with Gasteiger partial charge in [-0.1, -0.05) is 35.9 Å². The van der Waals surface area contributed by atoms with Gasteiger partial charge in [-0.25, -0.2) is 4.39 Å². The fourth-order valence-electron chi connectivity index (χ4n) is 3.94. The largest absolute Gasteiger partial charge is 0.324 e. The van der Waals surface area contributed by atoms with Crippen LogP contribution in [0.4, 0.5) is 15.8 Å². The van der Waals surface area contributed by atoms with Crippen molar-refractivity contribution in [2.24, 2.45) is 7.05 Å². The van der Waals surface area contributed by atoms with E-state index in [4.69, 9.17) is 11.6 Å². The molecule has 2 heterocycles. The van der Waals surface area contributed by atoms with Crippen LogP contribution in [-0.2, 0) is 16.6 Å². The van der Waals surface area contributed by atoms with Crippen LogP contribution in [0.15, 0.2) is 53.3 Å². The molecule has 1 N–H and O–H groups in total. The maximum absolute atomic E-state index is 13.7. The lowest BCUT2D eigenvalue weighted by Gasteiger charge is -2.25. The lowest BCUT2D eigenvalue weighted by molar-refractivity contribution is -0.122. The molecule has 6 nitrogen and oxygen atoms in total. The zero-order chi connectivity index (χ0) is 23.2. The molecule has 8 heteroatoms. The van der Waals surface area contributed by atoms with Crippen LogP contribution in [0.3, 0.4) is 0 Å². The monoisotopic (exact) mass is 453 g/mol. The molecular formula is C24H21ClFN3O3. The molecule has 32 heavy (non-hydrogen) atoms. The number of nitrogens with one attached hydrogen (secondary N) is 1. The van der Waals surface area contributed by atoms with E-state index >= 15 is 0 Å². The van der Waals surface area contributed by atoms with Crippen LogP contribution in [0.1, 0.15) is 24.1 Å². The Balaban J connectivity index is 1.79. The number of hydrogen-bond donors (Lipinski definition) is 1. The van der Waals surface area contributed by atoms with Gasteiger partial charge in [0.15, 0.2) is 0 Å². The Kier molecular flexibility index (Phi) is 5.60. The van der Waals surface area contributed by atoms with Gasteiger partial charge in [-0.3, -0.25) is 14.4 Å².